The summed E-state index contributed by atoms with van der Waals surface area (Å²) < 4.78 is 5.98. The molecule has 24 heavy (non-hydrogen) atoms. The van der Waals surface area contributed by atoms with Gasteiger partial charge in [-0.05, 0) is 29.0 Å². The van der Waals surface area contributed by atoms with E-state index < -0.39 is 5.97 Å². The quantitative estimate of drug-likeness (QED) is 0.834. The van der Waals surface area contributed by atoms with Gasteiger partial charge in [0.15, 0.2) is 5.69 Å². The highest BCUT2D eigenvalue weighted by Crippen LogP contribution is 2.28. The van der Waals surface area contributed by atoms with Gasteiger partial charge in [-0.3, -0.25) is 4.98 Å². The molecule has 0 fully saturated rings. The fourth-order valence-electron chi connectivity index (χ4n) is 2.31. The molecule has 1 heterocycles. The number of carboxylic acids is 1. The van der Waals surface area contributed by atoms with Crippen molar-refractivity contribution in [1.29, 1.82) is 0 Å². The van der Waals surface area contributed by atoms with Crippen molar-refractivity contribution in [3.63, 3.8) is 0 Å². The summed E-state index contributed by atoms with van der Waals surface area (Å²) in [6, 6.07) is 6.20. The van der Waals surface area contributed by atoms with E-state index in [-0.39, 0.29) is 5.69 Å². The maximum absolute atomic E-state index is 10.8. The van der Waals surface area contributed by atoms with E-state index in [1.165, 1.54) is 18.0 Å². The lowest BCUT2D eigenvalue weighted by Gasteiger charge is -2.17. The molecule has 5 nitrogen and oxygen atoms in total. The molecule has 0 aliphatic rings. The molecule has 0 aliphatic heterocycles. The summed E-state index contributed by atoms with van der Waals surface area (Å²) >= 11 is 0. The van der Waals surface area contributed by atoms with Gasteiger partial charge in [-0.2, -0.15) is 0 Å². The summed E-state index contributed by atoms with van der Waals surface area (Å²) in [6.45, 7) is 9.22. The average molecular weight is 328 g/mol. The van der Waals surface area contributed by atoms with Crippen LogP contribution in [0.25, 0.3) is 0 Å². The van der Waals surface area contributed by atoms with Crippen LogP contribution in [0.1, 0.15) is 60.9 Å². The average Bonchev–Trinajstić information content (AvgIpc) is 2.53. The minimum atomic E-state index is -1.07. The zero-order chi connectivity index (χ0) is 17.7. The van der Waals surface area contributed by atoms with Crippen molar-refractivity contribution in [1.82, 2.24) is 9.97 Å². The lowest BCUT2D eigenvalue weighted by atomic mass is 9.98. The summed E-state index contributed by atoms with van der Waals surface area (Å²) in [4.78, 5) is 18.9. The molecule has 2 aromatic rings. The largest absolute Gasteiger partial charge is 0.493 e. The summed E-state index contributed by atoms with van der Waals surface area (Å²) in [5.74, 6) is 0.685. The second-order valence-electron chi connectivity index (χ2n) is 6.61. The zero-order valence-electron chi connectivity index (χ0n) is 14.6. The number of hydrogen-bond donors (Lipinski definition) is 1. The van der Waals surface area contributed by atoms with Gasteiger partial charge in [0, 0.05) is 12.6 Å². The third-order valence-electron chi connectivity index (χ3n) is 3.58. The summed E-state index contributed by atoms with van der Waals surface area (Å²) in [5.41, 5.74) is 2.93. The van der Waals surface area contributed by atoms with Crippen LogP contribution in [0.3, 0.4) is 0 Å². The molecule has 0 amide bonds. The first kappa shape index (κ1) is 17.9. The van der Waals surface area contributed by atoms with Crippen LogP contribution >= 0.6 is 0 Å². The van der Waals surface area contributed by atoms with E-state index in [2.05, 4.69) is 49.8 Å². The van der Waals surface area contributed by atoms with Crippen molar-refractivity contribution in [2.75, 3.05) is 6.61 Å². The number of hydrogen-bond acceptors (Lipinski definition) is 4. The zero-order valence-corrected chi connectivity index (χ0v) is 14.6. The molecule has 0 spiro atoms. The monoisotopic (exact) mass is 328 g/mol. The van der Waals surface area contributed by atoms with Gasteiger partial charge >= 0.3 is 5.97 Å². The Kier molecular flexibility index (Phi) is 5.90. The van der Waals surface area contributed by atoms with Gasteiger partial charge in [0.25, 0.3) is 0 Å². The smallest absolute Gasteiger partial charge is 0.356 e. The molecule has 1 aromatic carbocycles. The van der Waals surface area contributed by atoms with Crippen LogP contribution in [-0.2, 0) is 6.42 Å². The van der Waals surface area contributed by atoms with Crippen LogP contribution in [0.15, 0.2) is 30.6 Å². The van der Waals surface area contributed by atoms with Crippen molar-refractivity contribution in [2.24, 2.45) is 5.92 Å². The van der Waals surface area contributed by atoms with Gasteiger partial charge < -0.3 is 9.84 Å². The highest BCUT2D eigenvalue weighted by molar-refractivity contribution is 5.84. The molecule has 1 N–H and O–H groups in total. The minimum Gasteiger partial charge on any atom is -0.493 e. The molecule has 0 saturated carbocycles. The Morgan fingerprint density at radius 2 is 1.92 bits per heavy atom. The molecule has 0 saturated heterocycles. The Morgan fingerprint density at radius 1 is 1.17 bits per heavy atom. The van der Waals surface area contributed by atoms with Gasteiger partial charge in [-0.25, -0.2) is 9.78 Å². The topological polar surface area (TPSA) is 72.3 Å². The van der Waals surface area contributed by atoms with Crippen molar-refractivity contribution in [3.8, 4) is 5.75 Å². The molecule has 2 rings (SSSR count). The predicted octanol–water partition coefficient (Wildman–Crippen LogP) is 3.92. The van der Waals surface area contributed by atoms with E-state index in [1.807, 2.05) is 6.07 Å². The summed E-state index contributed by atoms with van der Waals surface area (Å²) in [6.07, 6.45) is 3.38. The van der Waals surface area contributed by atoms with Crippen LogP contribution in [0, 0.1) is 5.92 Å². The number of ether oxygens (including phenoxy) is 1. The molecule has 0 radical (unpaired) electrons. The third kappa shape index (κ3) is 4.78. The van der Waals surface area contributed by atoms with Gasteiger partial charge in [0.05, 0.1) is 18.5 Å². The molecule has 1 aromatic heterocycles. The van der Waals surface area contributed by atoms with Crippen LogP contribution in [0.5, 0.6) is 5.75 Å². The van der Waals surface area contributed by atoms with Crippen LogP contribution in [-0.4, -0.2) is 27.7 Å². The number of rotatable bonds is 7. The Morgan fingerprint density at radius 3 is 2.46 bits per heavy atom. The van der Waals surface area contributed by atoms with Gasteiger partial charge in [-0.1, -0.05) is 39.8 Å². The van der Waals surface area contributed by atoms with E-state index in [1.54, 1.807) is 0 Å². The van der Waals surface area contributed by atoms with Gasteiger partial charge in [-0.15, -0.1) is 0 Å². The molecular weight excluding hydrogens is 304 g/mol. The van der Waals surface area contributed by atoms with Crippen LogP contribution in [0.2, 0.25) is 0 Å². The first-order chi connectivity index (χ1) is 11.4. The highest BCUT2D eigenvalue weighted by atomic mass is 16.5. The summed E-state index contributed by atoms with van der Waals surface area (Å²) in [7, 11) is 0. The first-order valence-electron chi connectivity index (χ1n) is 8.16. The minimum absolute atomic E-state index is 0.0464. The number of benzene rings is 1. The fourth-order valence-corrected chi connectivity index (χ4v) is 2.31. The van der Waals surface area contributed by atoms with Gasteiger partial charge in [0.2, 0.25) is 0 Å². The molecule has 0 aliphatic carbocycles. The van der Waals surface area contributed by atoms with Crippen LogP contribution in [0.4, 0.5) is 0 Å². The Balaban J connectivity index is 2.20. The summed E-state index contributed by atoms with van der Waals surface area (Å²) in [5, 5.41) is 8.87. The maximum Gasteiger partial charge on any atom is 0.356 e. The molecule has 0 bridgehead atoms. The molecule has 0 unspecified atom stereocenters. The number of nitrogens with zero attached hydrogens (tertiary/aromatic N) is 2. The fraction of sp³-hybridized carbons (Fsp3) is 0.421. The van der Waals surface area contributed by atoms with E-state index in [0.29, 0.717) is 24.9 Å². The number of carboxylic acid groups (broad SMARTS) is 1. The van der Waals surface area contributed by atoms with E-state index in [0.717, 1.165) is 17.0 Å². The molecular formula is C19H24N2O3. The van der Waals surface area contributed by atoms with E-state index in [9.17, 15) is 4.79 Å². The normalized spacial score (nSPS) is 11.1. The second kappa shape index (κ2) is 7.90. The van der Waals surface area contributed by atoms with E-state index >= 15 is 0 Å². The Labute approximate surface area is 142 Å². The lowest BCUT2D eigenvalue weighted by molar-refractivity contribution is 0.0690. The number of aromatic carboxylic acids is 1. The first-order valence-corrected chi connectivity index (χ1v) is 8.16. The highest BCUT2D eigenvalue weighted by Gasteiger charge is 2.11. The lowest BCUT2D eigenvalue weighted by Crippen LogP contribution is -2.07. The van der Waals surface area contributed by atoms with Crippen molar-refractivity contribution >= 4 is 5.97 Å². The van der Waals surface area contributed by atoms with Crippen molar-refractivity contribution in [3.05, 3.63) is 53.1 Å². The van der Waals surface area contributed by atoms with Crippen LogP contribution < -0.4 is 4.74 Å². The van der Waals surface area contributed by atoms with E-state index in [4.69, 9.17) is 9.84 Å². The molecule has 5 heteroatoms. The standard InChI is InChI=1S/C19H24N2O3/c1-12(2)11-24-18-8-14(5-6-16(18)13(3)4)7-15-9-21-17(10-20-15)19(22)23/h5-6,8-10,12-13H,7,11H2,1-4H3,(H,22,23). The Bertz CT molecular complexity index is 694. The number of aromatic nitrogens is 2. The Hall–Kier alpha value is -2.43. The second-order valence-corrected chi connectivity index (χ2v) is 6.61. The van der Waals surface area contributed by atoms with Crippen molar-refractivity contribution in [2.45, 2.75) is 40.0 Å². The third-order valence-corrected chi connectivity index (χ3v) is 3.58. The molecule has 128 valence electrons. The number of carbonyl (C=O) groups is 1. The molecule has 0 atom stereocenters. The predicted molar refractivity (Wildman–Crippen MR) is 92.7 cm³/mol. The maximum atomic E-state index is 10.8. The van der Waals surface area contributed by atoms with Gasteiger partial charge in [0.1, 0.15) is 5.75 Å². The van der Waals surface area contributed by atoms with Crippen molar-refractivity contribution < 1.29 is 14.6 Å². The SMILES string of the molecule is CC(C)COc1cc(Cc2cnc(C(=O)O)cn2)ccc1C(C)C.